The van der Waals surface area contributed by atoms with Gasteiger partial charge in [-0.1, -0.05) is 101 Å². The molecule has 6 rings (SSSR count). The standard InChI is InChI=1S/C62H94N8O12S2/c1-39(67(13)57(77)81-59(3,4)5)51(71)63-43-29-33-83-47-35-61(9,10)49(69(47)55(43)75)53(73)65-45(41-25-19-17-20-26-41)37-79-31-23-15-16-24-32-80-38-46(42-27-21-18-22-28-42)66-54(74)50-62(11,12)36-48-70(50)56(76)44(30-34-84-48)64-52(72)40(2)68(14)58(78)82-60(6,7)8/h17-22,25-28,39-40,43-50H,15-16,23-24,29-38H2,1-14H3,(H,63,71)(H,64,72)(H,65,73)(H,66,74)/t39-,40-,43-,44-,45+,46+,47-,48-,49+,50+/m0/s1. The maximum atomic E-state index is 14.6. The van der Waals surface area contributed by atoms with Gasteiger partial charge in [0.05, 0.1) is 36.0 Å². The molecule has 4 aliphatic rings. The summed E-state index contributed by atoms with van der Waals surface area (Å²) in [6, 6.07) is 13.0. The van der Waals surface area contributed by atoms with Crippen LogP contribution in [0.3, 0.4) is 0 Å². The van der Waals surface area contributed by atoms with Gasteiger partial charge < -0.3 is 50.0 Å². The Balaban J connectivity index is 0.988. The molecule has 4 heterocycles. The number of thioether (sulfide) groups is 2. The summed E-state index contributed by atoms with van der Waals surface area (Å²) in [7, 11) is 2.97. The van der Waals surface area contributed by atoms with E-state index in [-0.39, 0.29) is 47.6 Å². The summed E-state index contributed by atoms with van der Waals surface area (Å²) in [5.74, 6) is -1.06. The Morgan fingerprint density at radius 2 is 0.929 bits per heavy atom. The zero-order valence-corrected chi connectivity index (χ0v) is 53.6. The summed E-state index contributed by atoms with van der Waals surface area (Å²) < 4.78 is 23.4. The second-order valence-corrected chi connectivity index (χ2v) is 28.6. The highest BCUT2D eigenvalue weighted by Gasteiger charge is 2.56. The predicted octanol–water partition coefficient (Wildman–Crippen LogP) is 7.96. The maximum Gasteiger partial charge on any atom is 0.410 e. The molecule has 0 spiro atoms. The molecule has 4 aliphatic heterocycles. The first-order valence-corrected chi connectivity index (χ1v) is 31.8. The Hall–Kier alpha value is -5.58. The smallest absolute Gasteiger partial charge is 0.410 e. The first kappa shape index (κ1) is 67.5. The quantitative estimate of drug-likeness (QED) is 0.0774. The molecule has 0 bridgehead atoms. The Bertz CT molecular complexity index is 2420. The van der Waals surface area contributed by atoms with E-state index in [9.17, 15) is 38.4 Å². The van der Waals surface area contributed by atoms with Crippen LogP contribution in [0.25, 0.3) is 0 Å². The summed E-state index contributed by atoms with van der Waals surface area (Å²) in [6.45, 7) is 23.0. The highest BCUT2D eigenvalue weighted by atomic mass is 32.2. The second-order valence-electron chi connectivity index (χ2n) is 26.1. The first-order valence-electron chi connectivity index (χ1n) is 29.7. The third-order valence-electron chi connectivity index (χ3n) is 15.9. The van der Waals surface area contributed by atoms with E-state index in [1.54, 1.807) is 88.7 Å². The maximum absolute atomic E-state index is 14.6. The van der Waals surface area contributed by atoms with E-state index < -0.39 is 94.4 Å². The lowest BCUT2D eigenvalue weighted by Gasteiger charge is -2.35. The average Bonchev–Trinajstić information content (AvgIpc) is 1.78. The average molecular weight is 1210 g/mol. The Morgan fingerprint density at radius 1 is 0.583 bits per heavy atom. The van der Waals surface area contributed by atoms with Crippen LogP contribution in [-0.2, 0) is 47.7 Å². The van der Waals surface area contributed by atoms with Crippen LogP contribution in [0, 0.1) is 10.8 Å². The van der Waals surface area contributed by atoms with Crippen LogP contribution < -0.4 is 21.3 Å². The number of carbonyl (C=O) groups is 8. The minimum absolute atomic E-state index is 0.210. The van der Waals surface area contributed by atoms with Gasteiger partial charge in [0.15, 0.2) is 0 Å². The van der Waals surface area contributed by atoms with Gasteiger partial charge in [-0.2, -0.15) is 0 Å². The molecule has 466 valence electrons. The third-order valence-corrected chi connectivity index (χ3v) is 18.4. The molecule has 0 aliphatic carbocycles. The summed E-state index contributed by atoms with van der Waals surface area (Å²) in [5, 5.41) is 11.7. The van der Waals surface area contributed by atoms with E-state index in [0.717, 1.165) is 36.8 Å². The van der Waals surface area contributed by atoms with Gasteiger partial charge in [0.25, 0.3) is 0 Å². The lowest BCUT2D eigenvalue weighted by molar-refractivity contribution is -0.144. The van der Waals surface area contributed by atoms with Crippen molar-refractivity contribution >= 4 is 71.2 Å². The van der Waals surface area contributed by atoms with Gasteiger partial charge in [0, 0.05) is 27.3 Å². The molecule has 0 saturated carbocycles. The van der Waals surface area contributed by atoms with Gasteiger partial charge in [0.2, 0.25) is 35.4 Å². The molecule has 22 heteroatoms. The van der Waals surface area contributed by atoms with Crippen molar-refractivity contribution in [2.45, 2.75) is 205 Å². The van der Waals surface area contributed by atoms with Crippen LogP contribution in [0.4, 0.5) is 9.59 Å². The van der Waals surface area contributed by atoms with E-state index in [0.29, 0.717) is 50.4 Å². The molecule has 4 N–H and O–H groups in total. The highest BCUT2D eigenvalue weighted by molar-refractivity contribution is 8.00. The number of hydrogen-bond donors (Lipinski definition) is 4. The third kappa shape index (κ3) is 18.0. The number of carbonyl (C=O) groups excluding carboxylic acids is 8. The van der Waals surface area contributed by atoms with E-state index in [1.165, 1.54) is 23.9 Å². The fourth-order valence-electron chi connectivity index (χ4n) is 11.1. The molecule has 0 unspecified atom stereocenters. The topological polar surface area (TPSA) is 235 Å². The minimum atomic E-state index is -0.915. The fourth-order valence-corrected chi connectivity index (χ4v) is 14.3. The highest BCUT2D eigenvalue weighted by Crippen LogP contribution is 2.48. The van der Waals surface area contributed by atoms with Crippen molar-refractivity contribution in [3.05, 3.63) is 71.8 Å². The monoisotopic (exact) mass is 1210 g/mol. The van der Waals surface area contributed by atoms with Gasteiger partial charge in [0.1, 0.15) is 47.5 Å². The van der Waals surface area contributed by atoms with Crippen LogP contribution in [0.5, 0.6) is 0 Å². The van der Waals surface area contributed by atoms with Crippen LogP contribution in [-0.4, -0.2) is 177 Å². The van der Waals surface area contributed by atoms with Crippen molar-refractivity contribution in [2.24, 2.45) is 10.8 Å². The van der Waals surface area contributed by atoms with Crippen molar-refractivity contribution in [3.63, 3.8) is 0 Å². The predicted molar refractivity (Wildman–Crippen MR) is 325 cm³/mol. The van der Waals surface area contributed by atoms with Gasteiger partial charge in [-0.3, -0.25) is 38.6 Å². The molecule has 2 aromatic rings. The molecule has 0 radical (unpaired) electrons. The van der Waals surface area contributed by atoms with Gasteiger partial charge in [-0.05, 0) is 127 Å². The van der Waals surface area contributed by atoms with E-state index in [1.807, 2.05) is 88.4 Å². The van der Waals surface area contributed by atoms with Crippen molar-refractivity contribution in [2.75, 3.05) is 52.0 Å². The molecule has 0 aromatic heterocycles. The lowest BCUT2D eigenvalue weighted by Crippen LogP contribution is -2.58. The van der Waals surface area contributed by atoms with Crippen LogP contribution in [0.1, 0.15) is 158 Å². The summed E-state index contributed by atoms with van der Waals surface area (Å²) in [6.07, 6.45) is 3.90. The van der Waals surface area contributed by atoms with Gasteiger partial charge >= 0.3 is 12.2 Å². The Kier molecular flexibility index (Phi) is 23.5. The van der Waals surface area contributed by atoms with E-state index in [4.69, 9.17) is 18.9 Å². The normalized spacial score (nSPS) is 23.5. The van der Waals surface area contributed by atoms with E-state index >= 15 is 0 Å². The second kappa shape index (κ2) is 29.2. The molecule has 2 aromatic carbocycles. The number of likely N-dealkylation sites (N-methyl/N-ethyl adjacent to an activating group) is 2. The van der Waals surface area contributed by atoms with Crippen molar-refractivity contribution in [1.82, 2.24) is 40.9 Å². The summed E-state index contributed by atoms with van der Waals surface area (Å²) in [4.78, 5) is 116. The van der Waals surface area contributed by atoms with Crippen LogP contribution in [0.2, 0.25) is 0 Å². The molecule has 8 amide bonds. The fraction of sp³-hybridized carbons (Fsp3) is 0.677. The first-order chi connectivity index (χ1) is 39.4. The molecular formula is C62H94N8O12S2. The molecule has 4 saturated heterocycles. The number of amides is 8. The summed E-state index contributed by atoms with van der Waals surface area (Å²) >= 11 is 3.21. The Morgan fingerprint density at radius 3 is 1.26 bits per heavy atom. The SMILES string of the molecule is C[C@@H](C(=O)N[C@H]1CCS[C@H]2CC(C)(C)[C@@H](C(=O)N[C@H](COCCCCCCOC[C@@H](NC(=O)[C@H]3N4C(=O)[C@@H](NC(=O)[C@H](C)N(C)C(=O)OC(C)(C)C)CCS[C@H]4CC3(C)C)c3ccccc3)c3ccccc3)N2C1=O)N(C)C(=O)OC(C)(C)C. The van der Waals surface area contributed by atoms with Crippen molar-refractivity contribution < 1.29 is 57.3 Å². The number of fused-ring (bicyclic) bond motifs is 2. The minimum Gasteiger partial charge on any atom is -0.444 e. The number of ether oxygens (including phenoxy) is 4. The van der Waals surface area contributed by atoms with Gasteiger partial charge in [-0.15, -0.1) is 23.5 Å². The van der Waals surface area contributed by atoms with E-state index in [2.05, 4.69) is 21.3 Å². The molecular weight excluding hydrogens is 1110 g/mol. The number of benzene rings is 2. The zero-order chi connectivity index (χ0) is 61.9. The number of rotatable bonds is 23. The van der Waals surface area contributed by atoms with Crippen LogP contribution >= 0.6 is 23.5 Å². The number of nitrogens with one attached hydrogen (secondary N) is 4. The molecule has 84 heavy (non-hydrogen) atoms. The summed E-state index contributed by atoms with van der Waals surface area (Å²) in [5.41, 5.74) is -0.943. The molecule has 10 atom stereocenters. The zero-order valence-electron chi connectivity index (χ0n) is 52.0. The van der Waals surface area contributed by atoms with Gasteiger partial charge in [-0.25, -0.2) is 9.59 Å². The Labute approximate surface area is 506 Å². The number of hydrogen-bond acceptors (Lipinski definition) is 14. The van der Waals surface area contributed by atoms with Crippen molar-refractivity contribution in [1.29, 1.82) is 0 Å². The largest absolute Gasteiger partial charge is 0.444 e. The van der Waals surface area contributed by atoms with Crippen molar-refractivity contribution in [3.8, 4) is 0 Å². The number of nitrogens with zero attached hydrogens (tertiary/aromatic N) is 4. The number of unbranched alkanes of at least 4 members (excludes halogenated alkanes) is 3. The molecule has 4 fully saturated rings. The van der Waals surface area contributed by atoms with Crippen LogP contribution in [0.15, 0.2) is 60.7 Å². The lowest BCUT2D eigenvalue weighted by atomic mass is 9.83. The molecule has 20 nitrogen and oxygen atoms in total.